The number of amides is 3. The van der Waals surface area contributed by atoms with Crippen LogP contribution in [0.2, 0.25) is 18.1 Å². The highest BCUT2D eigenvalue weighted by Crippen LogP contribution is 2.46. The number of carbonyl (C=O) groups excluding carboxylic acids is 4. The van der Waals surface area contributed by atoms with E-state index < -0.39 is 38.4 Å². The molecule has 12 heteroatoms. The molecule has 3 rings (SSSR count). The number of aromatic nitrogens is 1. The summed E-state index contributed by atoms with van der Waals surface area (Å²) in [5.41, 5.74) is 1.42. The molecule has 0 N–H and O–H groups in total. The van der Waals surface area contributed by atoms with Crippen LogP contribution in [0.25, 0.3) is 0 Å². The van der Waals surface area contributed by atoms with Gasteiger partial charge in [-0.2, -0.15) is 4.90 Å². The van der Waals surface area contributed by atoms with Crippen LogP contribution < -0.4 is 9.64 Å². The average molecular weight is 656 g/mol. The van der Waals surface area contributed by atoms with E-state index in [4.69, 9.17) is 18.9 Å². The number of methoxy groups -OCH3 is 1. The van der Waals surface area contributed by atoms with Crippen LogP contribution in [-0.4, -0.2) is 68.2 Å². The van der Waals surface area contributed by atoms with Crippen molar-refractivity contribution >= 4 is 38.1 Å². The van der Waals surface area contributed by atoms with Gasteiger partial charge in [0.15, 0.2) is 8.24 Å². The second kappa shape index (κ2) is 16.1. The van der Waals surface area contributed by atoms with Crippen LogP contribution in [0, 0.1) is 5.92 Å². The quantitative estimate of drug-likeness (QED) is 0.0703. The summed E-state index contributed by atoms with van der Waals surface area (Å²) in [5, 5.41) is -0.206. The van der Waals surface area contributed by atoms with E-state index in [0.717, 1.165) is 23.3 Å². The molecule has 1 aromatic heterocycles. The van der Waals surface area contributed by atoms with Gasteiger partial charge in [0.1, 0.15) is 24.2 Å². The van der Waals surface area contributed by atoms with E-state index in [-0.39, 0.29) is 43.0 Å². The first-order chi connectivity index (χ1) is 21.8. The van der Waals surface area contributed by atoms with Crippen molar-refractivity contribution in [3.8, 4) is 5.75 Å². The first-order valence-corrected chi connectivity index (χ1v) is 18.9. The largest absolute Gasteiger partial charge is 0.497 e. The third kappa shape index (κ3) is 8.65. The Balaban J connectivity index is 1.88. The number of pyridine rings is 1. The SMILES string of the molecule is CCCCOC(=O)N(C(=O)OCCCC)c1cc(C[C@H]2C(=O)N([Si](C)(C)C(C)(C)C)[C@@H]2C(=O)OCc2ccc(OC)cc2)ccn1. The zero-order valence-corrected chi connectivity index (χ0v) is 29.5. The lowest BCUT2D eigenvalue weighted by atomic mass is 9.85. The number of ether oxygens (including phenoxy) is 4. The topological polar surface area (TPSA) is 125 Å². The Labute approximate surface area is 273 Å². The summed E-state index contributed by atoms with van der Waals surface area (Å²) in [6.45, 7) is 14.7. The third-order valence-electron chi connectivity index (χ3n) is 8.74. The molecule has 0 saturated carbocycles. The Hall–Kier alpha value is -3.93. The Morgan fingerprint density at radius 1 is 0.913 bits per heavy atom. The summed E-state index contributed by atoms with van der Waals surface area (Å²) in [5.74, 6) is -0.560. The van der Waals surface area contributed by atoms with Crippen LogP contribution in [0.3, 0.4) is 0 Å². The number of hydrogen-bond donors (Lipinski definition) is 0. The molecule has 1 fully saturated rings. The van der Waals surface area contributed by atoms with Crippen LogP contribution in [0.5, 0.6) is 5.75 Å². The summed E-state index contributed by atoms with van der Waals surface area (Å²) in [7, 11) is -0.874. The summed E-state index contributed by atoms with van der Waals surface area (Å²) in [4.78, 5) is 58.5. The Morgan fingerprint density at radius 3 is 2.02 bits per heavy atom. The number of esters is 1. The number of β-lactam (4-membered cyclic amide) rings is 1. The number of unbranched alkanes of at least 4 members (excludes halogenated alkanes) is 2. The fraction of sp³-hybridized carbons (Fsp3) is 0.559. The molecule has 0 spiro atoms. The Morgan fingerprint density at radius 2 is 1.50 bits per heavy atom. The first kappa shape index (κ1) is 36.5. The van der Waals surface area contributed by atoms with Crippen LogP contribution in [0.1, 0.15) is 71.4 Å². The lowest BCUT2D eigenvalue weighted by molar-refractivity contribution is -0.168. The fourth-order valence-corrected chi connectivity index (χ4v) is 7.35. The van der Waals surface area contributed by atoms with Crippen LogP contribution in [0.15, 0.2) is 42.6 Å². The predicted octanol–water partition coefficient (Wildman–Crippen LogP) is 6.89. The molecule has 0 unspecified atom stereocenters. The lowest BCUT2D eigenvalue weighted by Gasteiger charge is -2.57. The maximum absolute atomic E-state index is 13.8. The van der Waals surface area contributed by atoms with E-state index >= 15 is 0 Å². The van der Waals surface area contributed by atoms with E-state index in [1.165, 1.54) is 6.20 Å². The maximum Gasteiger partial charge on any atom is 0.425 e. The highest BCUT2D eigenvalue weighted by molar-refractivity contribution is 6.80. The molecule has 1 aliphatic rings. The molecule has 252 valence electrons. The average Bonchev–Trinajstić information content (AvgIpc) is 3.01. The van der Waals surface area contributed by atoms with Crippen molar-refractivity contribution in [2.24, 2.45) is 5.92 Å². The summed E-state index contributed by atoms with van der Waals surface area (Å²) < 4.78 is 23.4. The fourth-order valence-electron chi connectivity index (χ4n) is 4.93. The molecule has 0 radical (unpaired) electrons. The van der Waals surface area contributed by atoms with Gasteiger partial charge in [0.05, 0.1) is 26.2 Å². The van der Waals surface area contributed by atoms with E-state index in [0.29, 0.717) is 24.2 Å². The minimum Gasteiger partial charge on any atom is -0.497 e. The van der Waals surface area contributed by atoms with Gasteiger partial charge in [-0.05, 0) is 59.7 Å². The van der Waals surface area contributed by atoms with Crippen LogP contribution in [-0.2, 0) is 36.8 Å². The highest BCUT2D eigenvalue weighted by atomic mass is 28.3. The molecule has 46 heavy (non-hydrogen) atoms. The first-order valence-electron chi connectivity index (χ1n) is 16.0. The van der Waals surface area contributed by atoms with Gasteiger partial charge in [-0.15, -0.1) is 0 Å². The molecule has 1 saturated heterocycles. The van der Waals surface area contributed by atoms with Gasteiger partial charge >= 0.3 is 18.2 Å². The number of benzene rings is 1. The van der Waals surface area contributed by atoms with Gasteiger partial charge in [-0.25, -0.2) is 19.4 Å². The molecule has 2 heterocycles. The lowest BCUT2D eigenvalue weighted by Crippen LogP contribution is -2.75. The van der Waals surface area contributed by atoms with Gasteiger partial charge in [0.25, 0.3) is 0 Å². The normalized spacial score (nSPS) is 16.3. The van der Waals surface area contributed by atoms with Gasteiger partial charge in [-0.3, -0.25) is 4.79 Å². The van der Waals surface area contributed by atoms with Crippen LogP contribution >= 0.6 is 0 Å². The second-order valence-corrected chi connectivity index (χ2v) is 18.1. The van der Waals surface area contributed by atoms with Crippen molar-refractivity contribution < 1.29 is 38.1 Å². The number of imide groups is 1. The molecule has 1 aromatic carbocycles. The van der Waals surface area contributed by atoms with Crippen molar-refractivity contribution in [1.29, 1.82) is 0 Å². The smallest absolute Gasteiger partial charge is 0.425 e. The minimum absolute atomic E-state index is 0.0205. The van der Waals surface area contributed by atoms with Crippen LogP contribution in [0.4, 0.5) is 15.4 Å². The van der Waals surface area contributed by atoms with Gasteiger partial charge in [0.2, 0.25) is 5.91 Å². The minimum atomic E-state index is -2.46. The van der Waals surface area contributed by atoms with E-state index in [9.17, 15) is 19.2 Å². The Bertz CT molecular complexity index is 1340. The third-order valence-corrected chi connectivity index (χ3v) is 14.1. The number of rotatable bonds is 14. The molecule has 1 aliphatic heterocycles. The van der Waals surface area contributed by atoms with Crippen molar-refractivity contribution in [3.63, 3.8) is 0 Å². The van der Waals surface area contributed by atoms with E-state index in [2.05, 4.69) is 38.8 Å². The molecular weight excluding hydrogens is 606 g/mol. The molecule has 3 amide bonds. The molecule has 2 atom stereocenters. The van der Waals surface area contributed by atoms with Gasteiger partial charge in [0, 0.05) is 6.20 Å². The van der Waals surface area contributed by atoms with Gasteiger partial charge in [-0.1, -0.05) is 72.7 Å². The summed E-state index contributed by atoms with van der Waals surface area (Å²) in [6, 6.07) is 9.72. The zero-order chi connectivity index (χ0) is 34.1. The molecule has 0 aliphatic carbocycles. The summed E-state index contributed by atoms with van der Waals surface area (Å²) in [6.07, 6.45) is 2.78. The highest BCUT2D eigenvalue weighted by Gasteiger charge is 2.60. The van der Waals surface area contributed by atoms with Crippen molar-refractivity contribution in [2.75, 3.05) is 25.2 Å². The van der Waals surface area contributed by atoms with Crippen molar-refractivity contribution in [2.45, 2.75) is 97.5 Å². The van der Waals surface area contributed by atoms with Crippen molar-refractivity contribution in [3.05, 3.63) is 53.7 Å². The molecule has 2 aromatic rings. The monoisotopic (exact) mass is 655 g/mol. The van der Waals surface area contributed by atoms with Crippen molar-refractivity contribution in [1.82, 2.24) is 9.55 Å². The van der Waals surface area contributed by atoms with Gasteiger partial charge < -0.3 is 23.5 Å². The number of hydrogen-bond acceptors (Lipinski definition) is 9. The molecular formula is C34H49N3O8Si. The molecule has 0 bridgehead atoms. The second-order valence-electron chi connectivity index (χ2n) is 13.0. The number of nitrogens with zero attached hydrogens (tertiary/aromatic N) is 3. The zero-order valence-electron chi connectivity index (χ0n) is 28.5. The van der Waals surface area contributed by atoms with E-state index in [1.807, 2.05) is 26.0 Å². The maximum atomic E-state index is 13.8. The standard InChI is InChI=1S/C34H49N3O8Si/c1-9-11-19-43-32(40)36(33(41)44-20-12-10-2)28-22-25(17-18-35-28)21-27-29(37(30(27)38)46(7,8)34(3,4)5)31(39)45-23-24-13-15-26(42-6)16-14-24/h13-18,22,27,29H,9-12,19-21,23H2,1-8H3/t27-,29+/m1/s1. The number of anilines is 1. The predicted molar refractivity (Wildman–Crippen MR) is 177 cm³/mol. The number of carbonyl (C=O) groups is 4. The summed E-state index contributed by atoms with van der Waals surface area (Å²) >= 11 is 0. The Kier molecular flexibility index (Phi) is 12.8. The van der Waals surface area contributed by atoms with E-state index in [1.54, 1.807) is 35.9 Å². The molecule has 11 nitrogen and oxygen atoms in total.